The Labute approximate surface area is 126 Å². The van der Waals surface area contributed by atoms with Gasteiger partial charge in [0.25, 0.3) is 5.91 Å². The summed E-state index contributed by atoms with van der Waals surface area (Å²) in [6.07, 6.45) is 0. The Kier molecular flexibility index (Phi) is 4.99. The number of hydrogen-bond donors (Lipinski definition) is 1. The highest BCUT2D eigenvalue weighted by molar-refractivity contribution is 5.95. The minimum absolute atomic E-state index is 0.0552. The molecule has 0 atom stereocenters. The van der Waals surface area contributed by atoms with E-state index in [9.17, 15) is 4.79 Å². The number of benzene rings is 2. The first-order valence-electron chi connectivity index (χ1n) is 7.11. The van der Waals surface area contributed by atoms with Crippen LogP contribution in [-0.4, -0.2) is 19.1 Å². The Bertz CT molecular complexity index is 635. The normalized spacial score (nSPS) is 10.2. The van der Waals surface area contributed by atoms with Crippen LogP contribution in [0.4, 0.5) is 0 Å². The quantitative estimate of drug-likeness (QED) is 0.854. The molecule has 21 heavy (non-hydrogen) atoms. The Hall–Kier alpha value is -2.29. The summed E-state index contributed by atoms with van der Waals surface area (Å²) >= 11 is 0. The zero-order valence-electron chi connectivity index (χ0n) is 12.8. The minimum atomic E-state index is -0.0552. The van der Waals surface area contributed by atoms with E-state index in [-0.39, 0.29) is 5.91 Å². The van der Waals surface area contributed by atoms with Crippen molar-refractivity contribution in [2.45, 2.75) is 20.8 Å². The minimum Gasteiger partial charge on any atom is -0.492 e. The van der Waals surface area contributed by atoms with Crippen LogP contribution in [-0.2, 0) is 0 Å². The molecule has 0 saturated heterocycles. The Morgan fingerprint density at radius 3 is 2.52 bits per heavy atom. The van der Waals surface area contributed by atoms with E-state index < -0.39 is 0 Å². The van der Waals surface area contributed by atoms with Crippen LogP contribution in [0.2, 0.25) is 0 Å². The lowest BCUT2D eigenvalue weighted by Gasteiger charge is -2.10. The number of hydrogen-bond acceptors (Lipinski definition) is 2. The molecule has 2 aromatic carbocycles. The highest BCUT2D eigenvalue weighted by Crippen LogP contribution is 2.12. The van der Waals surface area contributed by atoms with Crippen molar-refractivity contribution in [1.29, 1.82) is 0 Å². The van der Waals surface area contributed by atoms with E-state index in [0.717, 1.165) is 28.0 Å². The fraction of sp³-hybridized carbons (Fsp3) is 0.278. The zero-order chi connectivity index (χ0) is 15.2. The standard InChI is InChI=1S/C18H21NO2/c1-13-5-4-6-16(12-13)21-10-9-19-18(20)17-8-7-14(2)11-15(17)3/h4-8,11-12H,9-10H2,1-3H3,(H,19,20). The summed E-state index contributed by atoms with van der Waals surface area (Å²) in [7, 11) is 0. The van der Waals surface area contributed by atoms with Crippen LogP contribution in [0.3, 0.4) is 0 Å². The second kappa shape index (κ2) is 6.93. The number of carbonyl (C=O) groups is 1. The van der Waals surface area contributed by atoms with E-state index >= 15 is 0 Å². The molecule has 0 aliphatic carbocycles. The van der Waals surface area contributed by atoms with Crippen LogP contribution in [0.25, 0.3) is 0 Å². The van der Waals surface area contributed by atoms with Crippen molar-refractivity contribution in [3.63, 3.8) is 0 Å². The van der Waals surface area contributed by atoms with Crippen LogP contribution in [0, 0.1) is 20.8 Å². The van der Waals surface area contributed by atoms with Gasteiger partial charge in [0.15, 0.2) is 0 Å². The average Bonchev–Trinajstić information content (AvgIpc) is 2.43. The van der Waals surface area contributed by atoms with Crippen molar-refractivity contribution >= 4 is 5.91 Å². The molecule has 2 rings (SSSR count). The molecule has 1 amide bonds. The molecule has 3 heteroatoms. The van der Waals surface area contributed by atoms with Gasteiger partial charge in [0.05, 0.1) is 6.54 Å². The van der Waals surface area contributed by atoms with E-state index in [1.807, 2.05) is 63.2 Å². The summed E-state index contributed by atoms with van der Waals surface area (Å²) < 4.78 is 5.61. The summed E-state index contributed by atoms with van der Waals surface area (Å²) in [5, 5.41) is 2.88. The lowest BCUT2D eigenvalue weighted by molar-refractivity contribution is 0.0946. The number of rotatable bonds is 5. The first-order valence-corrected chi connectivity index (χ1v) is 7.11. The van der Waals surface area contributed by atoms with E-state index in [1.54, 1.807) is 0 Å². The second-order valence-corrected chi connectivity index (χ2v) is 5.24. The molecule has 0 heterocycles. The lowest BCUT2D eigenvalue weighted by atomic mass is 10.1. The van der Waals surface area contributed by atoms with E-state index in [1.165, 1.54) is 0 Å². The van der Waals surface area contributed by atoms with E-state index in [4.69, 9.17) is 4.74 Å². The molecule has 3 nitrogen and oxygen atoms in total. The molecule has 0 aliphatic heterocycles. The van der Waals surface area contributed by atoms with Crippen molar-refractivity contribution in [3.8, 4) is 5.75 Å². The fourth-order valence-electron chi connectivity index (χ4n) is 2.20. The van der Waals surface area contributed by atoms with Crippen LogP contribution in [0.5, 0.6) is 5.75 Å². The first kappa shape index (κ1) is 15.1. The van der Waals surface area contributed by atoms with Crippen LogP contribution in [0.1, 0.15) is 27.0 Å². The highest BCUT2D eigenvalue weighted by Gasteiger charge is 2.08. The zero-order valence-corrected chi connectivity index (χ0v) is 12.8. The van der Waals surface area contributed by atoms with Crippen molar-refractivity contribution in [1.82, 2.24) is 5.32 Å². The van der Waals surface area contributed by atoms with Crippen molar-refractivity contribution in [2.75, 3.05) is 13.2 Å². The largest absolute Gasteiger partial charge is 0.492 e. The second-order valence-electron chi connectivity index (χ2n) is 5.24. The van der Waals surface area contributed by atoms with Gasteiger partial charge in [-0.15, -0.1) is 0 Å². The highest BCUT2D eigenvalue weighted by atomic mass is 16.5. The van der Waals surface area contributed by atoms with Gasteiger partial charge in [-0.3, -0.25) is 4.79 Å². The number of aryl methyl sites for hydroxylation is 3. The number of ether oxygens (including phenoxy) is 1. The SMILES string of the molecule is Cc1cccc(OCCNC(=O)c2ccc(C)cc2C)c1. The lowest BCUT2D eigenvalue weighted by Crippen LogP contribution is -2.28. The van der Waals surface area contributed by atoms with Gasteiger partial charge in [0.1, 0.15) is 12.4 Å². The number of nitrogens with one attached hydrogen (secondary N) is 1. The molecule has 0 bridgehead atoms. The van der Waals surface area contributed by atoms with Gasteiger partial charge in [0.2, 0.25) is 0 Å². The molecule has 0 spiro atoms. The molecule has 0 fully saturated rings. The molecular formula is C18H21NO2. The van der Waals surface area contributed by atoms with Crippen molar-refractivity contribution in [3.05, 3.63) is 64.7 Å². The smallest absolute Gasteiger partial charge is 0.251 e. The average molecular weight is 283 g/mol. The maximum Gasteiger partial charge on any atom is 0.251 e. The maximum atomic E-state index is 12.1. The maximum absolute atomic E-state index is 12.1. The van der Waals surface area contributed by atoms with Gasteiger partial charge in [-0.1, -0.05) is 29.8 Å². The number of carbonyl (C=O) groups excluding carboxylic acids is 1. The first-order chi connectivity index (χ1) is 10.1. The molecule has 2 aromatic rings. The summed E-state index contributed by atoms with van der Waals surface area (Å²) in [6.45, 7) is 6.94. The summed E-state index contributed by atoms with van der Waals surface area (Å²) in [5.74, 6) is 0.774. The predicted molar refractivity (Wildman–Crippen MR) is 84.9 cm³/mol. The third-order valence-electron chi connectivity index (χ3n) is 3.27. The molecule has 0 radical (unpaired) electrons. The third-order valence-corrected chi connectivity index (χ3v) is 3.27. The summed E-state index contributed by atoms with van der Waals surface area (Å²) in [6, 6.07) is 13.7. The van der Waals surface area contributed by atoms with Crippen LogP contribution in [0.15, 0.2) is 42.5 Å². The van der Waals surface area contributed by atoms with Crippen molar-refractivity contribution < 1.29 is 9.53 Å². The Balaban J connectivity index is 1.82. The summed E-state index contributed by atoms with van der Waals surface area (Å²) in [4.78, 5) is 12.1. The molecule has 1 N–H and O–H groups in total. The van der Waals surface area contributed by atoms with Crippen LogP contribution >= 0.6 is 0 Å². The van der Waals surface area contributed by atoms with Gasteiger partial charge >= 0.3 is 0 Å². The van der Waals surface area contributed by atoms with Gasteiger partial charge in [-0.2, -0.15) is 0 Å². The van der Waals surface area contributed by atoms with Gasteiger partial charge < -0.3 is 10.1 Å². The Morgan fingerprint density at radius 2 is 1.81 bits per heavy atom. The van der Waals surface area contributed by atoms with Gasteiger partial charge in [0, 0.05) is 5.56 Å². The molecule has 0 aromatic heterocycles. The Morgan fingerprint density at radius 1 is 1.05 bits per heavy atom. The summed E-state index contributed by atoms with van der Waals surface area (Å²) in [5.41, 5.74) is 4.03. The molecular weight excluding hydrogens is 262 g/mol. The third kappa shape index (κ3) is 4.35. The fourth-order valence-corrected chi connectivity index (χ4v) is 2.20. The molecule has 110 valence electrons. The monoisotopic (exact) mass is 283 g/mol. The molecule has 0 saturated carbocycles. The van der Waals surface area contributed by atoms with E-state index in [0.29, 0.717) is 13.2 Å². The van der Waals surface area contributed by atoms with Crippen molar-refractivity contribution in [2.24, 2.45) is 0 Å². The topological polar surface area (TPSA) is 38.3 Å². The molecule has 0 unspecified atom stereocenters. The number of amides is 1. The van der Waals surface area contributed by atoms with Gasteiger partial charge in [-0.25, -0.2) is 0 Å². The van der Waals surface area contributed by atoms with E-state index in [2.05, 4.69) is 5.32 Å². The predicted octanol–water partition coefficient (Wildman–Crippen LogP) is 3.42. The molecule has 0 aliphatic rings. The van der Waals surface area contributed by atoms with Crippen LogP contribution < -0.4 is 10.1 Å². The van der Waals surface area contributed by atoms with Gasteiger partial charge in [-0.05, 0) is 50.1 Å².